The van der Waals surface area contributed by atoms with Gasteiger partial charge in [0.25, 0.3) is 0 Å². The summed E-state index contributed by atoms with van der Waals surface area (Å²) in [7, 11) is 1.94. The number of halogens is 2. The molecule has 5 nitrogen and oxygen atoms in total. The Kier molecular flexibility index (Phi) is 5.13. The highest BCUT2D eigenvalue weighted by atomic mass is 35.5. The van der Waals surface area contributed by atoms with E-state index in [9.17, 15) is 9.90 Å². The summed E-state index contributed by atoms with van der Waals surface area (Å²) in [6.45, 7) is 1.43. The monoisotopic (exact) mass is 367 g/mol. The molecule has 1 fully saturated rings. The van der Waals surface area contributed by atoms with E-state index in [-0.39, 0.29) is 0 Å². The quantitative estimate of drug-likeness (QED) is 0.894. The van der Waals surface area contributed by atoms with Gasteiger partial charge in [-0.15, -0.1) is 0 Å². The Morgan fingerprint density at radius 3 is 2.50 bits per heavy atom. The number of rotatable bonds is 4. The van der Waals surface area contributed by atoms with E-state index in [1.54, 1.807) is 24.4 Å². The van der Waals surface area contributed by atoms with Crippen LogP contribution >= 0.6 is 23.2 Å². The maximum absolute atomic E-state index is 11.8. The van der Waals surface area contributed by atoms with Gasteiger partial charge in [-0.1, -0.05) is 29.3 Å². The predicted molar refractivity (Wildman–Crippen MR) is 93.6 cm³/mol. The molecule has 128 valence electrons. The third-order valence-corrected chi connectivity index (χ3v) is 5.40. The standard InChI is InChI=1S/C17H19Cl2N3O2/c1-21-15(4-7-20-21)11-5-8-22(9-6-11)16(17(23)24)12-2-3-13(18)14(19)10-12/h2-4,7,10-11,16H,5-6,8-9H2,1H3,(H,23,24). The first-order valence-corrected chi connectivity index (χ1v) is 8.62. The van der Waals surface area contributed by atoms with E-state index in [2.05, 4.69) is 5.10 Å². The Labute approximate surface area is 150 Å². The van der Waals surface area contributed by atoms with Gasteiger partial charge in [-0.3, -0.25) is 14.4 Å². The van der Waals surface area contributed by atoms with E-state index >= 15 is 0 Å². The number of likely N-dealkylation sites (tertiary alicyclic amines) is 1. The van der Waals surface area contributed by atoms with Gasteiger partial charge in [0, 0.05) is 24.9 Å². The van der Waals surface area contributed by atoms with E-state index in [1.165, 1.54) is 5.69 Å². The minimum Gasteiger partial charge on any atom is -0.480 e. The van der Waals surface area contributed by atoms with Crippen molar-refractivity contribution in [1.82, 2.24) is 14.7 Å². The van der Waals surface area contributed by atoms with Crippen molar-refractivity contribution in [3.05, 3.63) is 51.8 Å². The molecule has 1 atom stereocenters. The molecule has 0 amide bonds. The molecular formula is C17H19Cl2N3O2. The van der Waals surface area contributed by atoms with Gasteiger partial charge in [-0.25, -0.2) is 0 Å². The molecule has 0 spiro atoms. The van der Waals surface area contributed by atoms with Gasteiger partial charge in [-0.05, 0) is 49.7 Å². The van der Waals surface area contributed by atoms with Crippen molar-refractivity contribution in [2.75, 3.05) is 13.1 Å². The molecular weight excluding hydrogens is 349 g/mol. The van der Waals surface area contributed by atoms with E-state index in [4.69, 9.17) is 23.2 Å². The lowest BCUT2D eigenvalue weighted by Gasteiger charge is -2.36. The fraction of sp³-hybridized carbons (Fsp3) is 0.412. The van der Waals surface area contributed by atoms with Crippen molar-refractivity contribution in [3.8, 4) is 0 Å². The fourth-order valence-corrected chi connectivity index (χ4v) is 3.74. The summed E-state index contributed by atoms with van der Waals surface area (Å²) < 4.78 is 1.90. The number of benzene rings is 1. The molecule has 1 saturated heterocycles. The zero-order valence-corrected chi connectivity index (χ0v) is 14.8. The molecule has 0 bridgehead atoms. The number of hydrogen-bond acceptors (Lipinski definition) is 3. The second kappa shape index (κ2) is 7.13. The van der Waals surface area contributed by atoms with E-state index < -0.39 is 12.0 Å². The van der Waals surface area contributed by atoms with Crippen LogP contribution in [-0.2, 0) is 11.8 Å². The summed E-state index contributed by atoms with van der Waals surface area (Å²) in [5.74, 6) is -0.454. The maximum atomic E-state index is 11.8. The number of nitrogens with zero attached hydrogens (tertiary/aromatic N) is 3. The third kappa shape index (κ3) is 3.43. The zero-order valence-electron chi connectivity index (χ0n) is 13.3. The largest absolute Gasteiger partial charge is 0.480 e. The molecule has 24 heavy (non-hydrogen) atoms. The molecule has 0 radical (unpaired) electrons. The normalized spacial score (nSPS) is 17.8. The summed E-state index contributed by atoms with van der Waals surface area (Å²) in [6, 6.07) is 6.37. The highest BCUT2D eigenvalue weighted by molar-refractivity contribution is 6.42. The lowest BCUT2D eigenvalue weighted by atomic mass is 9.91. The number of carboxylic acid groups (broad SMARTS) is 1. The van der Waals surface area contributed by atoms with Gasteiger partial charge >= 0.3 is 5.97 Å². The van der Waals surface area contributed by atoms with Crippen molar-refractivity contribution in [3.63, 3.8) is 0 Å². The number of aliphatic carboxylic acids is 1. The number of carbonyl (C=O) groups is 1. The Balaban J connectivity index is 1.75. The molecule has 3 rings (SSSR count). The van der Waals surface area contributed by atoms with Gasteiger partial charge in [0.1, 0.15) is 6.04 Å². The van der Waals surface area contributed by atoms with Crippen LogP contribution in [-0.4, -0.2) is 38.8 Å². The van der Waals surface area contributed by atoms with Crippen molar-refractivity contribution < 1.29 is 9.90 Å². The van der Waals surface area contributed by atoms with E-state index in [0.717, 1.165) is 12.8 Å². The molecule has 1 aromatic heterocycles. The molecule has 0 saturated carbocycles. The summed E-state index contributed by atoms with van der Waals surface area (Å²) in [6.07, 6.45) is 3.62. The smallest absolute Gasteiger partial charge is 0.325 e. The number of carboxylic acids is 1. The van der Waals surface area contributed by atoms with Crippen molar-refractivity contribution in [2.24, 2.45) is 7.05 Å². The van der Waals surface area contributed by atoms with Gasteiger partial charge < -0.3 is 5.11 Å². The van der Waals surface area contributed by atoms with Crippen LogP contribution in [0.1, 0.15) is 36.1 Å². The van der Waals surface area contributed by atoms with Crippen LogP contribution < -0.4 is 0 Å². The summed E-state index contributed by atoms with van der Waals surface area (Å²) in [4.78, 5) is 13.8. The highest BCUT2D eigenvalue weighted by Crippen LogP contribution is 2.34. The molecule has 1 aliphatic rings. The Morgan fingerprint density at radius 1 is 1.25 bits per heavy atom. The first-order chi connectivity index (χ1) is 11.5. The lowest BCUT2D eigenvalue weighted by Crippen LogP contribution is -2.40. The highest BCUT2D eigenvalue weighted by Gasteiger charge is 2.32. The molecule has 7 heteroatoms. The van der Waals surface area contributed by atoms with Gasteiger partial charge in [-0.2, -0.15) is 5.10 Å². The summed E-state index contributed by atoms with van der Waals surface area (Å²) in [5, 5.41) is 14.7. The SMILES string of the molecule is Cn1nccc1C1CCN(C(C(=O)O)c2ccc(Cl)c(Cl)c2)CC1. The van der Waals surface area contributed by atoms with Crippen LogP contribution in [0.25, 0.3) is 0 Å². The molecule has 2 heterocycles. The Hall–Kier alpha value is -1.56. The summed E-state index contributed by atoms with van der Waals surface area (Å²) >= 11 is 12.0. The molecule has 0 aliphatic carbocycles. The first-order valence-electron chi connectivity index (χ1n) is 7.87. The van der Waals surface area contributed by atoms with Crippen molar-refractivity contribution in [1.29, 1.82) is 0 Å². The molecule has 1 aliphatic heterocycles. The van der Waals surface area contributed by atoms with Crippen molar-refractivity contribution >= 4 is 29.2 Å². The third-order valence-electron chi connectivity index (χ3n) is 4.67. The Morgan fingerprint density at radius 2 is 1.96 bits per heavy atom. The number of aryl methyl sites for hydroxylation is 1. The van der Waals surface area contributed by atoms with E-state index in [0.29, 0.717) is 34.6 Å². The van der Waals surface area contributed by atoms with Crippen LogP contribution in [0.5, 0.6) is 0 Å². The van der Waals surface area contributed by atoms with Crippen LogP contribution in [0.15, 0.2) is 30.5 Å². The van der Waals surface area contributed by atoms with Gasteiger partial charge in [0.15, 0.2) is 0 Å². The van der Waals surface area contributed by atoms with Crippen molar-refractivity contribution in [2.45, 2.75) is 24.8 Å². The van der Waals surface area contributed by atoms with E-state index in [1.807, 2.05) is 22.7 Å². The Bertz CT molecular complexity index is 739. The molecule has 1 unspecified atom stereocenters. The van der Waals surface area contributed by atoms with Gasteiger partial charge in [0.05, 0.1) is 10.0 Å². The minimum absolute atomic E-state index is 0.380. The predicted octanol–water partition coefficient (Wildman–Crippen LogP) is 3.73. The minimum atomic E-state index is -0.868. The summed E-state index contributed by atoms with van der Waals surface area (Å²) in [5.41, 5.74) is 1.87. The molecule has 1 aromatic carbocycles. The first kappa shape index (κ1) is 17.3. The number of aromatic nitrogens is 2. The fourth-order valence-electron chi connectivity index (χ4n) is 3.43. The average Bonchev–Trinajstić information content (AvgIpc) is 2.97. The topological polar surface area (TPSA) is 58.4 Å². The second-order valence-corrected chi connectivity index (χ2v) is 6.92. The van der Waals surface area contributed by atoms with Crippen LogP contribution in [0.2, 0.25) is 10.0 Å². The van der Waals surface area contributed by atoms with Crippen LogP contribution in [0.3, 0.4) is 0 Å². The molecule has 2 aromatic rings. The second-order valence-electron chi connectivity index (χ2n) is 6.10. The number of piperidine rings is 1. The zero-order chi connectivity index (χ0) is 17.3. The molecule has 1 N–H and O–H groups in total. The van der Waals surface area contributed by atoms with Crippen LogP contribution in [0.4, 0.5) is 0 Å². The average molecular weight is 368 g/mol. The van der Waals surface area contributed by atoms with Gasteiger partial charge in [0.2, 0.25) is 0 Å². The van der Waals surface area contributed by atoms with Crippen LogP contribution in [0, 0.1) is 0 Å². The number of hydrogen-bond donors (Lipinski definition) is 1. The maximum Gasteiger partial charge on any atom is 0.325 e. The lowest BCUT2D eigenvalue weighted by molar-refractivity contribution is -0.144.